The maximum absolute atomic E-state index is 12.8. The number of rotatable bonds is 58. The Bertz CT molecular complexity index is 1620. The fourth-order valence-electron chi connectivity index (χ4n) is 8.85. The Morgan fingerprint density at radius 1 is 0.269 bits per heavy atom. The molecule has 0 fully saturated rings. The average Bonchev–Trinajstić information content (AvgIpc) is 3.44. The third-order valence-electron chi connectivity index (χ3n) is 13.7. The zero-order chi connectivity index (χ0) is 56.4. The molecular formula is C72H120O6. The standard InChI is InChI=1S/C72H120O6/c1-4-7-10-13-16-18-20-22-24-26-28-30-32-33-34-35-36-37-38-39-41-42-44-46-48-50-52-54-56-59-62-65-71(74)77-68-69(67-76-70(73)64-61-58-15-12-9-6-3)78-72(75)66-63-60-57-55-53-51-49-47-45-43-40-31-29-27-25-23-21-19-17-14-11-8-5-2/h8,11,17,19-20,22-23,25-26,28-29,31-33,43,45,49,51,55,57,69H,4-7,9-10,12-16,18,21,24,27,30,34-42,44,46-48,50,52-54,56,58-68H2,1-3H3/b11-8-,19-17-,22-20-,25-23-,28-26-,31-29-,33-32-,45-43-,51-49-,57-55-. The Balaban J connectivity index is 4.14. The van der Waals surface area contributed by atoms with Gasteiger partial charge in [-0.1, -0.05) is 290 Å². The van der Waals surface area contributed by atoms with Gasteiger partial charge in [0.1, 0.15) is 13.2 Å². The third kappa shape index (κ3) is 62.7. The summed E-state index contributed by atoms with van der Waals surface area (Å²) in [6.45, 7) is 6.42. The maximum atomic E-state index is 12.8. The van der Waals surface area contributed by atoms with Crippen LogP contribution in [0.15, 0.2) is 122 Å². The van der Waals surface area contributed by atoms with Crippen LogP contribution in [-0.2, 0) is 28.6 Å². The van der Waals surface area contributed by atoms with E-state index in [1.54, 1.807) is 0 Å². The van der Waals surface area contributed by atoms with Crippen LogP contribution in [0.1, 0.15) is 297 Å². The van der Waals surface area contributed by atoms with Crippen molar-refractivity contribution in [2.24, 2.45) is 0 Å². The second-order valence-electron chi connectivity index (χ2n) is 21.3. The van der Waals surface area contributed by atoms with E-state index in [-0.39, 0.29) is 37.5 Å². The van der Waals surface area contributed by atoms with Crippen molar-refractivity contribution in [1.29, 1.82) is 0 Å². The van der Waals surface area contributed by atoms with Crippen LogP contribution in [0.4, 0.5) is 0 Å². The van der Waals surface area contributed by atoms with Crippen LogP contribution in [0.25, 0.3) is 0 Å². The molecule has 0 rings (SSSR count). The Morgan fingerprint density at radius 3 is 0.821 bits per heavy atom. The van der Waals surface area contributed by atoms with Gasteiger partial charge in [-0.2, -0.15) is 0 Å². The van der Waals surface area contributed by atoms with Gasteiger partial charge in [0.25, 0.3) is 0 Å². The molecule has 0 heterocycles. The van der Waals surface area contributed by atoms with E-state index < -0.39 is 6.10 Å². The lowest BCUT2D eigenvalue weighted by Gasteiger charge is -2.18. The van der Waals surface area contributed by atoms with E-state index in [9.17, 15) is 14.4 Å². The van der Waals surface area contributed by atoms with Crippen molar-refractivity contribution in [2.45, 2.75) is 303 Å². The lowest BCUT2D eigenvalue weighted by atomic mass is 10.0. The molecule has 0 aliphatic carbocycles. The molecule has 0 aromatic heterocycles. The summed E-state index contributed by atoms with van der Waals surface area (Å²) < 4.78 is 16.7. The molecule has 0 bridgehead atoms. The zero-order valence-corrected chi connectivity index (χ0v) is 50.9. The predicted molar refractivity (Wildman–Crippen MR) is 339 cm³/mol. The number of allylic oxidation sites excluding steroid dienone is 20. The van der Waals surface area contributed by atoms with E-state index in [2.05, 4.69) is 142 Å². The van der Waals surface area contributed by atoms with Crippen LogP contribution >= 0.6 is 0 Å². The Labute approximate surface area is 482 Å². The molecule has 0 aliphatic rings. The monoisotopic (exact) mass is 1080 g/mol. The third-order valence-corrected chi connectivity index (χ3v) is 13.7. The maximum Gasteiger partial charge on any atom is 0.306 e. The first-order valence-electron chi connectivity index (χ1n) is 32.5. The summed E-state index contributed by atoms with van der Waals surface area (Å²) in [5.41, 5.74) is 0. The Morgan fingerprint density at radius 2 is 0.513 bits per heavy atom. The van der Waals surface area contributed by atoms with Crippen molar-refractivity contribution in [3.63, 3.8) is 0 Å². The summed E-state index contributed by atoms with van der Waals surface area (Å²) in [7, 11) is 0. The number of esters is 3. The largest absolute Gasteiger partial charge is 0.462 e. The minimum atomic E-state index is -0.808. The Kier molecular flexibility index (Phi) is 61.8. The molecule has 0 aliphatic heterocycles. The van der Waals surface area contributed by atoms with E-state index in [0.717, 1.165) is 103 Å². The van der Waals surface area contributed by atoms with Crippen LogP contribution in [-0.4, -0.2) is 37.2 Å². The van der Waals surface area contributed by atoms with Gasteiger partial charge in [-0.05, 0) is 109 Å². The van der Waals surface area contributed by atoms with E-state index in [0.29, 0.717) is 19.3 Å². The fraction of sp³-hybridized carbons (Fsp3) is 0.681. The summed E-state index contributed by atoms with van der Waals surface area (Å²) in [6.07, 6.45) is 91.2. The van der Waals surface area contributed by atoms with E-state index in [4.69, 9.17) is 14.2 Å². The topological polar surface area (TPSA) is 78.9 Å². The van der Waals surface area contributed by atoms with Crippen LogP contribution in [0.2, 0.25) is 0 Å². The van der Waals surface area contributed by atoms with Gasteiger partial charge in [0.2, 0.25) is 0 Å². The van der Waals surface area contributed by atoms with Gasteiger partial charge in [0.05, 0.1) is 0 Å². The fourth-order valence-corrected chi connectivity index (χ4v) is 8.85. The van der Waals surface area contributed by atoms with Crippen LogP contribution in [0.5, 0.6) is 0 Å². The number of hydrogen-bond donors (Lipinski definition) is 0. The summed E-state index contributed by atoms with van der Waals surface area (Å²) in [5.74, 6) is -0.969. The van der Waals surface area contributed by atoms with Crippen molar-refractivity contribution in [1.82, 2.24) is 0 Å². The highest BCUT2D eigenvalue weighted by molar-refractivity contribution is 5.71. The second kappa shape index (κ2) is 65.3. The van der Waals surface area contributed by atoms with Gasteiger partial charge in [-0.3, -0.25) is 14.4 Å². The molecule has 0 aromatic rings. The van der Waals surface area contributed by atoms with Crippen molar-refractivity contribution in [3.8, 4) is 0 Å². The molecule has 6 nitrogen and oxygen atoms in total. The molecule has 0 aromatic carbocycles. The van der Waals surface area contributed by atoms with Gasteiger partial charge in [-0.15, -0.1) is 0 Å². The summed E-state index contributed by atoms with van der Waals surface area (Å²) in [6, 6.07) is 0. The first-order valence-corrected chi connectivity index (χ1v) is 32.5. The van der Waals surface area contributed by atoms with Gasteiger partial charge >= 0.3 is 17.9 Å². The molecule has 78 heavy (non-hydrogen) atoms. The van der Waals surface area contributed by atoms with Crippen molar-refractivity contribution in [3.05, 3.63) is 122 Å². The van der Waals surface area contributed by atoms with Crippen LogP contribution in [0, 0.1) is 0 Å². The highest BCUT2D eigenvalue weighted by Gasteiger charge is 2.19. The highest BCUT2D eigenvalue weighted by atomic mass is 16.6. The molecular weight excluding hydrogens is 961 g/mol. The van der Waals surface area contributed by atoms with Gasteiger partial charge in [0.15, 0.2) is 6.10 Å². The predicted octanol–water partition coefficient (Wildman–Crippen LogP) is 22.4. The van der Waals surface area contributed by atoms with E-state index >= 15 is 0 Å². The molecule has 1 unspecified atom stereocenters. The quantitative estimate of drug-likeness (QED) is 0.0261. The molecule has 444 valence electrons. The van der Waals surface area contributed by atoms with E-state index in [1.165, 1.54) is 148 Å². The molecule has 0 amide bonds. The molecule has 0 radical (unpaired) electrons. The lowest BCUT2D eigenvalue weighted by Crippen LogP contribution is -2.30. The average molecular weight is 1080 g/mol. The van der Waals surface area contributed by atoms with Crippen molar-refractivity contribution >= 4 is 17.9 Å². The van der Waals surface area contributed by atoms with Crippen molar-refractivity contribution in [2.75, 3.05) is 13.2 Å². The number of carbonyl (C=O) groups is 3. The number of hydrogen-bond acceptors (Lipinski definition) is 6. The van der Waals surface area contributed by atoms with Crippen LogP contribution in [0.3, 0.4) is 0 Å². The first-order chi connectivity index (χ1) is 38.5. The van der Waals surface area contributed by atoms with Gasteiger partial charge in [-0.25, -0.2) is 0 Å². The SMILES string of the molecule is CC/C=C\C/C=C\C/C=C\C/C=C\C/C=C\C/C=C\C/C=C\CCCC(=O)OC(COC(=O)CCCCCCCC)COC(=O)CCCCCCCCCCCCCCCCCC/C=C\C/C=C\C/C=C\CCCCCCC. The molecule has 0 N–H and O–H groups in total. The normalized spacial score (nSPS) is 12.9. The first kappa shape index (κ1) is 73.8. The summed E-state index contributed by atoms with van der Waals surface area (Å²) >= 11 is 0. The zero-order valence-electron chi connectivity index (χ0n) is 50.9. The Hall–Kier alpha value is -4.19. The minimum absolute atomic E-state index is 0.102. The van der Waals surface area contributed by atoms with Crippen LogP contribution < -0.4 is 0 Å². The van der Waals surface area contributed by atoms with Gasteiger partial charge < -0.3 is 14.2 Å². The second-order valence-corrected chi connectivity index (χ2v) is 21.3. The smallest absolute Gasteiger partial charge is 0.306 e. The summed E-state index contributed by atoms with van der Waals surface area (Å²) in [5, 5.41) is 0. The lowest BCUT2D eigenvalue weighted by molar-refractivity contribution is -0.167. The van der Waals surface area contributed by atoms with Crippen molar-refractivity contribution < 1.29 is 28.6 Å². The molecule has 0 saturated carbocycles. The molecule has 6 heteroatoms. The molecule has 0 spiro atoms. The number of ether oxygens (including phenoxy) is 3. The summed E-state index contributed by atoms with van der Waals surface area (Å²) in [4.78, 5) is 38.0. The molecule has 0 saturated heterocycles. The van der Waals surface area contributed by atoms with Gasteiger partial charge in [0, 0.05) is 19.3 Å². The number of unbranched alkanes of at least 4 members (excludes halogenated alkanes) is 27. The highest BCUT2D eigenvalue weighted by Crippen LogP contribution is 2.16. The van der Waals surface area contributed by atoms with E-state index in [1.807, 2.05) is 0 Å². The number of carbonyl (C=O) groups excluding carboxylic acids is 3. The minimum Gasteiger partial charge on any atom is -0.462 e. The molecule has 1 atom stereocenters.